The fourth-order valence-electron chi connectivity index (χ4n) is 3.06. The summed E-state index contributed by atoms with van der Waals surface area (Å²) < 4.78 is 0. The molecule has 0 aromatic rings. The third-order valence-corrected chi connectivity index (χ3v) is 4.76. The summed E-state index contributed by atoms with van der Waals surface area (Å²) in [6.45, 7) is 14.4. The van der Waals surface area contributed by atoms with Crippen molar-refractivity contribution in [2.45, 2.75) is 78.8 Å². The second kappa shape index (κ2) is 3.48. The molecule has 0 bridgehead atoms. The second-order valence-corrected chi connectivity index (χ2v) is 8.35. The molecule has 1 N–H and O–H groups in total. The van der Waals surface area contributed by atoms with Crippen molar-refractivity contribution >= 4 is 0 Å². The summed E-state index contributed by atoms with van der Waals surface area (Å²) in [5.41, 5.74) is 1.41. The van der Waals surface area contributed by atoms with E-state index in [0.717, 1.165) is 5.92 Å². The van der Waals surface area contributed by atoms with Gasteiger partial charge in [-0.1, -0.05) is 41.5 Å². The highest BCUT2D eigenvalue weighted by molar-refractivity contribution is 5.10. The summed E-state index contributed by atoms with van der Waals surface area (Å²) in [4.78, 5) is 0. The molecule has 1 heteroatoms. The van der Waals surface area contributed by atoms with E-state index in [-0.39, 0.29) is 0 Å². The Morgan fingerprint density at radius 1 is 0.938 bits per heavy atom. The minimum absolute atomic E-state index is 0.402. The van der Waals surface area contributed by atoms with Crippen molar-refractivity contribution in [2.75, 3.05) is 0 Å². The maximum atomic E-state index is 3.95. The van der Waals surface area contributed by atoms with E-state index in [2.05, 4.69) is 46.9 Å². The standard InChI is InChI=1S/C15H29N/c1-13(2,3)11-9-12(14(4,5)6)16-15(10-11)7-8-15/h11-12,16H,7-10H2,1-6H3. The molecule has 2 fully saturated rings. The van der Waals surface area contributed by atoms with Crippen LogP contribution in [0.5, 0.6) is 0 Å². The molecule has 1 saturated heterocycles. The highest BCUT2D eigenvalue weighted by Gasteiger charge is 2.52. The van der Waals surface area contributed by atoms with Crippen LogP contribution in [-0.2, 0) is 0 Å². The lowest BCUT2D eigenvalue weighted by molar-refractivity contribution is 0.0786. The molecule has 1 aliphatic carbocycles. The lowest BCUT2D eigenvalue weighted by Crippen LogP contribution is -2.54. The van der Waals surface area contributed by atoms with Gasteiger partial charge in [-0.25, -0.2) is 0 Å². The van der Waals surface area contributed by atoms with Crippen molar-refractivity contribution in [2.24, 2.45) is 16.7 Å². The van der Waals surface area contributed by atoms with Gasteiger partial charge < -0.3 is 5.32 Å². The van der Waals surface area contributed by atoms with E-state index in [1.54, 1.807) is 0 Å². The Balaban J connectivity index is 2.14. The molecular formula is C15H29N. The lowest BCUT2D eigenvalue weighted by Gasteiger charge is -2.47. The van der Waals surface area contributed by atoms with E-state index < -0.39 is 0 Å². The van der Waals surface area contributed by atoms with Crippen LogP contribution in [0.3, 0.4) is 0 Å². The van der Waals surface area contributed by atoms with Gasteiger partial charge in [0.15, 0.2) is 0 Å². The predicted octanol–water partition coefficient (Wildman–Crippen LogP) is 3.98. The third kappa shape index (κ3) is 2.45. The van der Waals surface area contributed by atoms with Crippen LogP contribution in [0.4, 0.5) is 0 Å². The van der Waals surface area contributed by atoms with Crippen LogP contribution in [0.2, 0.25) is 0 Å². The zero-order chi connectivity index (χ0) is 12.2. The molecule has 0 amide bonds. The van der Waals surface area contributed by atoms with Gasteiger partial charge in [0.05, 0.1) is 0 Å². The first-order valence-electron chi connectivity index (χ1n) is 6.90. The van der Waals surface area contributed by atoms with Gasteiger partial charge in [-0.15, -0.1) is 0 Å². The number of rotatable bonds is 0. The van der Waals surface area contributed by atoms with Crippen LogP contribution in [0.15, 0.2) is 0 Å². The fraction of sp³-hybridized carbons (Fsp3) is 1.00. The molecule has 1 spiro atoms. The second-order valence-electron chi connectivity index (χ2n) is 8.35. The quantitative estimate of drug-likeness (QED) is 0.655. The molecule has 16 heavy (non-hydrogen) atoms. The van der Waals surface area contributed by atoms with Gasteiger partial charge in [-0.2, -0.15) is 0 Å². The van der Waals surface area contributed by atoms with E-state index in [1.165, 1.54) is 25.7 Å². The SMILES string of the molecule is CC(C)(C)C1CC(C(C)(C)C)NC2(CC2)C1. The highest BCUT2D eigenvalue weighted by Crippen LogP contribution is 2.51. The Kier molecular flexibility index (Phi) is 2.70. The predicted molar refractivity (Wildman–Crippen MR) is 70.5 cm³/mol. The van der Waals surface area contributed by atoms with Gasteiger partial charge >= 0.3 is 0 Å². The molecule has 0 radical (unpaired) electrons. The molecule has 2 aliphatic rings. The van der Waals surface area contributed by atoms with Crippen LogP contribution in [0, 0.1) is 16.7 Å². The van der Waals surface area contributed by atoms with E-state index in [1.807, 2.05) is 0 Å². The summed E-state index contributed by atoms with van der Waals surface area (Å²) in [5.74, 6) is 0.889. The monoisotopic (exact) mass is 223 g/mol. The first-order valence-corrected chi connectivity index (χ1v) is 6.90. The molecule has 1 nitrogen and oxygen atoms in total. The Morgan fingerprint density at radius 2 is 1.50 bits per heavy atom. The van der Waals surface area contributed by atoms with Crippen LogP contribution < -0.4 is 5.32 Å². The maximum absolute atomic E-state index is 3.95. The summed E-state index contributed by atoms with van der Waals surface area (Å²) in [6.07, 6.45) is 5.58. The maximum Gasteiger partial charge on any atom is 0.0188 e. The number of piperidine rings is 1. The number of hydrogen-bond acceptors (Lipinski definition) is 1. The first kappa shape index (κ1) is 12.4. The molecule has 2 unspecified atom stereocenters. The Morgan fingerprint density at radius 3 is 1.88 bits per heavy atom. The molecule has 1 saturated carbocycles. The zero-order valence-electron chi connectivity index (χ0n) is 12.0. The van der Waals surface area contributed by atoms with Crippen LogP contribution >= 0.6 is 0 Å². The Hall–Kier alpha value is -0.0400. The minimum atomic E-state index is 0.402. The van der Waals surface area contributed by atoms with Crippen LogP contribution in [0.1, 0.15) is 67.2 Å². The molecule has 0 aromatic carbocycles. The summed E-state index contributed by atoms with van der Waals surface area (Å²) in [5, 5.41) is 3.95. The van der Waals surface area contributed by atoms with E-state index >= 15 is 0 Å². The van der Waals surface area contributed by atoms with Crippen molar-refractivity contribution in [3.8, 4) is 0 Å². The fourth-order valence-corrected chi connectivity index (χ4v) is 3.06. The van der Waals surface area contributed by atoms with Crippen molar-refractivity contribution in [1.29, 1.82) is 0 Å². The number of hydrogen-bond donors (Lipinski definition) is 1. The highest BCUT2D eigenvalue weighted by atomic mass is 15.1. The first-order chi connectivity index (χ1) is 7.12. The lowest BCUT2D eigenvalue weighted by atomic mass is 9.67. The zero-order valence-corrected chi connectivity index (χ0v) is 12.0. The molecule has 2 atom stereocenters. The van der Waals surface area contributed by atoms with Crippen molar-refractivity contribution < 1.29 is 0 Å². The van der Waals surface area contributed by atoms with Crippen molar-refractivity contribution in [3.05, 3.63) is 0 Å². The normalized spacial score (nSPS) is 34.1. The van der Waals surface area contributed by atoms with Gasteiger partial charge in [0, 0.05) is 11.6 Å². The average Bonchev–Trinajstić information content (AvgIpc) is 2.81. The van der Waals surface area contributed by atoms with Crippen LogP contribution in [-0.4, -0.2) is 11.6 Å². The smallest absolute Gasteiger partial charge is 0.0188 e. The van der Waals surface area contributed by atoms with Gasteiger partial charge in [0.1, 0.15) is 0 Å². The van der Waals surface area contributed by atoms with Crippen molar-refractivity contribution in [1.82, 2.24) is 5.32 Å². The average molecular weight is 223 g/mol. The number of nitrogens with one attached hydrogen (secondary N) is 1. The van der Waals surface area contributed by atoms with Gasteiger partial charge in [-0.3, -0.25) is 0 Å². The van der Waals surface area contributed by atoms with E-state index in [4.69, 9.17) is 0 Å². The summed E-state index contributed by atoms with van der Waals surface area (Å²) >= 11 is 0. The Bertz CT molecular complexity index is 238. The van der Waals surface area contributed by atoms with Gasteiger partial charge in [0.2, 0.25) is 0 Å². The van der Waals surface area contributed by atoms with Crippen molar-refractivity contribution in [3.63, 3.8) is 0 Å². The van der Waals surface area contributed by atoms with E-state index in [0.29, 0.717) is 22.4 Å². The Labute approximate surface area is 101 Å². The molecular weight excluding hydrogens is 194 g/mol. The summed E-state index contributed by atoms with van der Waals surface area (Å²) in [7, 11) is 0. The third-order valence-electron chi connectivity index (χ3n) is 4.76. The topological polar surface area (TPSA) is 12.0 Å². The molecule has 1 aliphatic heterocycles. The molecule has 2 rings (SSSR count). The molecule has 1 heterocycles. The minimum Gasteiger partial charge on any atom is -0.308 e. The summed E-state index contributed by atoms with van der Waals surface area (Å²) in [6, 6.07) is 0.702. The van der Waals surface area contributed by atoms with Gasteiger partial charge in [-0.05, 0) is 42.4 Å². The molecule has 0 aromatic heterocycles. The van der Waals surface area contributed by atoms with Gasteiger partial charge in [0.25, 0.3) is 0 Å². The molecule has 94 valence electrons. The van der Waals surface area contributed by atoms with E-state index in [9.17, 15) is 0 Å². The largest absolute Gasteiger partial charge is 0.308 e. The van der Waals surface area contributed by atoms with Crippen LogP contribution in [0.25, 0.3) is 0 Å².